The van der Waals surface area contributed by atoms with Gasteiger partial charge >= 0.3 is 17.7 Å². The van der Waals surface area contributed by atoms with Crippen molar-refractivity contribution in [3.8, 4) is 11.5 Å². The molecule has 10 heteroatoms. The van der Waals surface area contributed by atoms with E-state index < -0.39 is 23.0 Å². The minimum absolute atomic E-state index is 0.0503. The SMILES string of the molecule is COC(=O)C1=C(C(C)C)NC(=O)NC1c1cc(OC)c(OCc2cccc(C)c2)c([N+](=O)[O-])c1. The molecule has 1 unspecified atom stereocenters. The maximum absolute atomic E-state index is 12.6. The molecule has 180 valence electrons. The maximum Gasteiger partial charge on any atom is 0.337 e. The van der Waals surface area contributed by atoms with Gasteiger partial charge in [0.2, 0.25) is 5.75 Å². The molecular formula is C24H27N3O7. The smallest absolute Gasteiger partial charge is 0.337 e. The number of ether oxygens (including phenoxy) is 3. The molecule has 0 saturated heterocycles. The highest BCUT2D eigenvalue weighted by Crippen LogP contribution is 2.42. The minimum atomic E-state index is -0.989. The Morgan fingerprint density at radius 2 is 1.94 bits per heavy atom. The van der Waals surface area contributed by atoms with Crippen LogP contribution in [0.1, 0.15) is 36.6 Å². The van der Waals surface area contributed by atoms with Gasteiger partial charge in [0.05, 0.1) is 30.8 Å². The number of amides is 2. The van der Waals surface area contributed by atoms with Crippen LogP contribution in [0.2, 0.25) is 0 Å². The van der Waals surface area contributed by atoms with Crippen molar-refractivity contribution in [2.24, 2.45) is 5.92 Å². The number of nitro benzene ring substituents is 1. The topological polar surface area (TPSA) is 129 Å². The Hall–Kier alpha value is -4.08. The van der Waals surface area contributed by atoms with Crippen LogP contribution >= 0.6 is 0 Å². The highest BCUT2D eigenvalue weighted by atomic mass is 16.6. The number of nitrogens with one attached hydrogen (secondary N) is 2. The molecule has 3 rings (SSSR count). The molecule has 0 spiro atoms. The van der Waals surface area contributed by atoms with Crippen LogP contribution in [0.3, 0.4) is 0 Å². The Balaban J connectivity index is 2.10. The van der Waals surface area contributed by atoms with Crippen molar-refractivity contribution in [3.05, 3.63) is 74.5 Å². The summed E-state index contributed by atoms with van der Waals surface area (Å²) in [4.78, 5) is 36.4. The summed E-state index contributed by atoms with van der Waals surface area (Å²) in [5.74, 6) is -0.829. The zero-order valence-electron chi connectivity index (χ0n) is 19.6. The van der Waals surface area contributed by atoms with E-state index in [0.717, 1.165) is 11.1 Å². The summed E-state index contributed by atoms with van der Waals surface area (Å²) in [5, 5.41) is 17.3. The Kier molecular flexibility index (Phi) is 7.40. The summed E-state index contributed by atoms with van der Waals surface area (Å²) >= 11 is 0. The van der Waals surface area contributed by atoms with Gasteiger partial charge in [-0.25, -0.2) is 9.59 Å². The monoisotopic (exact) mass is 469 g/mol. The summed E-state index contributed by atoms with van der Waals surface area (Å²) in [5.41, 5.74) is 2.32. The molecule has 0 radical (unpaired) electrons. The fourth-order valence-electron chi connectivity index (χ4n) is 3.79. The zero-order valence-corrected chi connectivity index (χ0v) is 19.6. The van der Waals surface area contributed by atoms with E-state index in [-0.39, 0.29) is 40.8 Å². The number of hydrogen-bond acceptors (Lipinski definition) is 7. The van der Waals surface area contributed by atoms with E-state index >= 15 is 0 Å². The van der Waals surface area contributed by atoms with Gasteiger partial charge in [0, 0.05) is 11.8 Å². The lowest BCUT2D eigenvalue weighted by atomic mass is 9.91. The van der Waals surface area contributed by atoms with Crippen LogP contribution < -0.4 is 20.1 Å². The molecule has 2 amide bonds. The van der Waals surface area contributed by atoms with Gasteiger partial charge in [-0.15, -0.1) is 0 Å². The number of nitro groups is 1. The van der Waals surface area contributed by atoms with Crippen LogP contribution in [0.5, 0.6) is 11.5 Å². The normalized spacial score (nSPS) is 15.5. The van der Waals surface area contributed by atoms with E-state index in [9.17, 15) is 19.7 Å². The molecule has 0 fully saturated rings. The van der Waals surface area contributed by atoms with E-state index in [4.69, 9.17) is 14.2 Å². The molecule has 1 heterocycles. The number of urea groups is 1. The predicted molar refractivity (Wildman–Crippen MR) is 123 cm³/mol. The lowest BCUT2D eigenvalue weighted by Crippen LogP contribution is -2.47. The Labute approximate surface area is 197 Å². The standard InChI is InChI=1S/C24H27N3O7/c1-13(2)20-19(23(28)33-5)21(26-24(29)25-20)16-10-17(27(30)31)22(18(11-16)32-4)34-12-15-8-6-7-14(3)9-15/h6-11,13,21H,12H2,1-5H3,(H2,25,26,29). The second-order valence-electron chi connectivity index (χ2n) is 8.11. The number of nitrogens with zero attached hydrogens (tertiary/aromatic N) is 1. The Morgan fingerprint density at radius 3 is 2.53 bits per heavy atom. The number of methoxy groups -OCH3 is 2. The van der Waals surface area contributed by atoms with Crippen LogP contribution in [0.25, 0.3) is 0 Å². The Bertz CT molecular complexity index is 1160. The molecule has 34 heavy (non-hydrogen) atoms. The van der Waals surface area contributed by atoms with E-state index in [1.54, 1.807) is 0 Å². The van der Waals surface area contributed by atoms with Crippen LogP contribution in [0.4, 0.5) is 10.5 Å². The third kappa shape index (κ3) is 5.11. The lowest BCUT2D eigenvalue weighted by Gasteiger charge is -2.31. The van der Waals surface area contributed by atoms with Gasteiger partial charge in [0.15, 0.2) is 5.75 Å². The van der Waals surface area contributed by atoms with E-state index in [1.165, 1.54) is 26.4 Å². The van der Waals surface area contributed by atoms with Gasteiger partial charge in [-0.3, -0.25) is 10.1 Å². The molecule has 1 atom stereocenters. The van der Waals surface area contributed by atoms with E-state index in [1.807, 2.05) is 45.0 Å². The van der Waals surface area contributed by atoms with Crippen LogP contribution in [-0.2, 0) is 16.1 Å². The molecule has 0 saturated carbocycles. The zero-order chi connectivity index (χ0) is 25.0. The molecule has 1 aliphatic heterocycles. The maximum atomic E-state index is 12.6. The molecule has 0 aliphatic carbocycles. The molecule has 10 nitrogen and oxygen atoms in total. The molecule has 2 aromatic carbocycles. The summed E-state index contributed by atoms with van der Waals surface area (Å²) in [7, 11) is 2.59. The molecule has 1 aliphatic rings. The van der Waals surface area contributed by atoms with Gasteiger partial charge in [-0.2, -0.15) is 0 Å². The van der Waals surface area contributed by atoms with E-state index in [0.29, 0.717) is 5.70 Å². The number of rotatable bonds is 8. The van der Waals surface area contributed by atoms with Gasteiger partial charge in [0.1, 0.15) is 6.61 Å². The summed E-state index contributed by atoms with van der Waals surface area (Å²) < 4.78 is 16.2. The van der Waals surface area contributed by atoms with Gasteiger partial charge in [0.25, 0.3) is 0 Å². The first-order chi connectivity index (χ1) is 16.2. The first-order valence-electron chi connectivity index (χ1n) is 10.6. The second-order valence-corrected chi connectivity index (χ2v) is 8.11. The summed E-state index contributed by atoms with van der Waals surface area (Å²) in [6.45, 7) is 5.65. The minimum Gasteiger partial charge on any atom is -0.493 e. The second kappa shape index (κ2) is 10.2. The number of hydrogen-bond donors (Lipinski definition) is 2. The predicted octanol–water partition coefficient (Wildman–Crippen LogP) is 3.93. The van der Waals surface area contributed by atoms with Gasteiger partial charge in [-0.05, 0) is 30.0 Å². The Morgan fingerprint density at radius 1 is 1.21 bits per heavy atom. The van der Waals surface area contributed by atoms with Crippen molar-refractivity contribution >= 4 is 17.7 Å². The van der Waals surface area contributed by atoms with Crippen molar-refractivity contribution in [1.82, 2.24) is 10.6 Å². The number of carbonyl (C=O) groups is 2. The number of aryl methyl sites for hydroxylation is 1. The highest BCUT2D eigenvalue weighted by molar-refractivity contribution is 5.95. The van der Waals surface area contributed by atoms with Crippen molar-refractivity contribution in [2.45, 2.75) is 33.4 Å². The number of carbonyl (C=O) groups excluding carboxylic acids is 2. The highest BCUT2D eigenvalue weighted by Gasteiger charge is 2.36. The quantitative estimate of drug-likeness (QED) is 0.340. The lowest BCUT2D eigenvalue weighted by molar-refractivity contribution is -0.386. The fourth-order valence-corrected chi connectivity index (χ4v) is 3.79. The summed E-state index contributed by atoms with van der Waals surface area (Å²) in [6.07, 6.45) is 0. The van der Waals surface area contributed by atoms with Crippen molar-refractivity contribution in [2.75, 3.05) is 14.2 Å². The third-order valence-electron chi connectivity index (χ3n) is 5.36. The van der Waals surface area contributed by atoms with Crippen molar-refractivity contribution < 1.29 is 28.7 Å². The van der Waals surface area contributed by atoms with Crippen LogP contribution in [0, 0.1) is 23.0 Å². The number of benzene rings is 2. The average Bonchev–Trinajstić information content (AvgIpc) is 2.81. The van der Waals surface area contributed by atoms with Gasteiger partial charge < -0.3 is 24.8 Å². The first-order valence-corrected chi connectivity index (χ1v) is 10.6. The first kappa shape index (κ1) is 24.6. The van der Waals surface area contributed by atoms with Crippen molar-refractivity contribution in [3.63, 3.8) is 0 Å². The largest absolute Gasteiger partial charge is 0.493 e. The molecule has 2 N–H and O–H groups in total. The molecule has 0 bridgehead atoms. The third-order valence-corrected chi connectivity index (χ3v) is 5.36. The molecule has 0 aromatic heterocycles. The molecular weight excluding hydrogens is 442 g/mol. The van der Waals surface area contributed by atoms with E-state index in [2.05, 4.69) is 10.6 Å². The number of allylic oxidation sites excluding steroid dienone is 1. The molecule has 2 aromatic rings. The number of esters is 1. The van der Waals surface area contributed by atoms with Crippen LogP contribution in [0.15, 0.2) is 47.7 Å². The van der Waals surface area contributed by atoms with Gasteiger partial charge in [-0.1, -0.05) is 43.7 Å². The van der Waals surface area contributed by atoms with Crippen molar-refractivity contribution in [1.29, 1.82) is 0 Å². The summed E-state index contributed by atoms with van der Waals surface area (Å²) in [6, 6.07) is 8.83. The fraction of sp³-hybridized carbons (Fsp3) is 0.333. The average molecular weight is 469 g/mol. The van der Waals surface area contributed by atoms with Crippen LogP contribution in [-0.4, -0.2) is 31.1 Å².